The van der Waals surface area contributed by atoms with E-state index in [1.54, 1.807) is 16.9 Å². The molecular formula is C24H26FN9O. The minimum Gasteiger partial charge on any atom is -0.353 e. The van der Waals surface area contributed by atoms with Crippen LogP contribution in [0.3, 0.4) is 0 Å². The van der Waals surface area contributed by atoms with Crippen LogP contribution in [0.1, 0.15) is 18.4 Å². The zero-order valence-corrected chi connectivity index (χ0v) is 19.3. The number of rotatable bonds is 4. The van der Waals surface area contributed by atoms with Crippen molar-refractivity contribution in [3.8, 4) is 0 Å². The van der Waals surface area contributed by atoms with Crippen molar-refractivity contribution in [3.63, 3.8) is 0 Å². The smallest absolute Gasteiger partial charge is 0.231 e. The number of alkyl halides is 1. The molecule has 3 aromatic rings. The number of carbonyl (C=O) groups is 1. The fourth-order valence-corrected chi connectivity index (χ4v) is 4.79. The standard InChI is InChI=1S/C24H26FN9O/c1-16-17(13-21(35)28-16)12-18-14-27-34-22(18)29-23(30-24(34)33-7-5-19(25)15-33)32-10-8-31(9-11-32)20-4-2-3-6-26-20/h2-4,6,12,14,19H,1,5,7-11,13,15H2,(H,28,35)/b17-12+/t19-/m1/s1. The van der Waals surface area contributed by atoms with Gasteiger partial charge in [0.25, 0.3) is 0 Å². The number of aromatic nitrogens is 5. The molecule has 3 aliphatic heterocycles. The second kappa shape index (κ2) is 8.64. The van der Waals surface area contributed by atoms with Crippen LogP contribution in [0.25, 0.3) is 11.7 Å². The lowest BCUT2D eigenvalue weighted by atomic mass is 10.1. The molecule has 180 valence electrons. The number of hydrogen-bond acceptors (Lipinski definition) is 8. The predicted molar refractivity (Wildman–Crippen MR) is 131 cm³/mol. The van der Waals surface area contributed by atoms with E-state index in [0.717, 1.165) is 43.1 Å². The molecule has 6 heterocycles. The number of halogens is 1. The summed E-state index contributed by atoms with van der Waals surface area (Å²) < 4.78 is 15.8. The lowest BCUT2D eigenvalue weighted by Gasteiger charge is -2.35. The zero-order valence-electron chi connectivity index (χ0n) is 19.3. The van der Waals surface area contributed by atoms with Gasteiger partial charge in [-0.15, -0.1) is 0 Å². The van der Waals surface area contributed by atoms with E-state index in [4.69, 9.17) is 9.97 Å². The average Bonchev–Trinajstić information content (AvgIpc) is 3.58. The van der Waals surface area contributed by atoms with Gasteiger partial charge in [0.05, 0.1) is 19.2 Å². The largest absolute Gasteiger partial charge is 0.353 e. The molecule has 0 saturated carbocycles. The lowest BCUT2D eigenvalue weighted by molar-refractivity contribution is -0.118. The third-order valence-electron chi connectivity index (χ3n) is 6.67. The van der Waals surface area contributed by atoms with E-state index >= 15 is 0 Å². The number of hydrogen-bond donors (Lipinski definition) is 1. The van der Waals surface area contributed by atoms with Gasteiger partial charge in [-0.2, -0.15) is 19.6 Å². The molecule has 35 heavy (non-hydrogen) atoms. The normalized spacial score (nSPS) is 22.0. The number of amides is 1. The molecule has 6 rings (SSSR count). The van der Waals surface area contributed by atoms with E-state index in [2.05, 4.69) is 31.8 Å². The van der Waals surface area contributed by atoms with Gasteiger partial charge >= 0.3 is 0 Å². The highest BCUT2D eigenvalue weighted by Gasteiger charge is 2.29. The maximum Gasteiger partial charge on any atom is 0.231 e. The first-order valence-electron chi connectivity index (χ1n) is 11.8. The minimum atomic E-state index is -0.888. The molecule has 11 heteroatoms. The van der Waals surface area contributed by atoms with Gasteiger partial charge in [0.2, 0.25) is 17.8 Å². The van der Waals surface area contributed by atoms with Crippen molar-refractivity contribution in [1.82, 2.24) is 29.9 Å². The van der Waals surface area contributed by atoms with Crippen LogP contribution in [0.4, 0.5) is 22.1 Å². The number of pyridine rings is 1. The number of anilines is 3. The molecule has 0 unspecified atom stereocenters. The molecule has 0 bridgehead atoms. The van der Waals surface area contributed by atoms with Crippen LogP contribution in [0.5, 0.6) is 0 Å². The van der Waals surface area contributed by atoms with Crippen molar-refractivity contribution >= 4 is 35.3 Å². The lowest BCUT2D eigenvalue weighted by Crippen LogP contribution is -2.47. The van der Waals surface area contributed by atoms with Gasteiger partial charge in [-0.1, -0.05) is 12.6 Å². The summed E-state index contributed by atoms with van der Waals surface area (Å²) in [6.45, 7) is 7.84. The highest BCUT2D eigenvalue weighted by atomic mass is 19.1. The first-order chi connectivity index (χ1) is 17.0. The Kier molecular flexibility index (Phi) is 5.31. The van der Waals surface area contributed by atoms with Crippen LogP contribution < -0.4 is 20.0 Å². The summed E-state index contributed by atoms with van der Waals surface area (Å²) in [5.41, 5.74) is 2.79. The third kappa shape index (κ3) is 4.07. The molecular weight excluding hydrogens is 449 g/mol. The Hall–Kier alpha value is -4.02. The summed E-state index contributed by atoms with van der Waals surface area (Å²) in [7, 11) is 0. The number of nitrogens with one attached hydrogen (secondary N) is 1. The van der Waals surface area contributed by atoms with Crippen molar-refractivity contribution in [2.24, 2.45) is 0 Å². The summed E-state index contributed by atoms with van der Waals surface area (Å²) in [4.78, 5) is 32.3. The molecule has 3 saturated heterocycles. The SMILES string of the molecule is C=C1NC(=O)C/C1=C\c1cnn2c(N3CC[C@@H](F)C3)nc(N3CCN(c4ccccn4)CC3)nc12. The minimum absolute atomic E-state index is 0.0782. The second-order valence-electron chi connectivity index (χ2n) is 9.03. The number of fused-ring (bicyclic) bond motifs is 1. The topological polar surface area (TPSA) is 94.8 Å². The maximum atomic E-state index is 14.1. The van der Waals surface area contributed by atoms with Crippen LogP contribution in [0.2, 0.25) is 0 Å². The van der Waals surface area contributed by atoms with Crippen LogP contribution in [0.15, 0.2) is 48.4 Å². The molecule has 3 aliphatic rings. The van der Waals surface area contributed by atoms with E-state index < -0.39 is 6.17 Å². The van der Waals surface area contributed by atoms with E-state index in [1.807, 2.05) is 29.2 Å². The van der Waals surface area contributed by atoms with Gasteiger partial charge in [0.1, 0.15) is 12.0 Å². The fraction of sp³-hybridized carbons (Fsp3) is 0.375. The van der Waals surface area contributed by atoms with Crippen molar-refractivity contribution in [1.29, 1.82) is 0 Å². The fourth-order valence-electron chi connectivity index (χ4n) is 4.79. The van der Waals surface area contributed by atoms with Gasteiger partial charge in [-0.3, -0.25) is 4.79 Å². The first-order valence-corrected chi connectivity index (χ1v) is 11.8. The molecule has 0 spiro atoms. The molecule has 1 atom stereocenters. The average molecular weight is 476 g/mol. The quantitative estimate of drug-likeness (QED) is 0.611. The van der Waals surface area contributed by atoms with E-state index in [9.17, 15) is 9.18 Å². The highest BCUT2D eigenvalue weighted by molar-refractivity contribution is 5.89. The van der Waals surface area contributed by atoms with Crippen molar-refractivity contribution in [2.75, 3.05) is 54.0 Å². The summed E-state index contributed by atoms with van der Waals surface area (Å²) in [6, 6.07) is 5.92. The van der Waals surface area contributed by atoms with Crippen LogP contribution in [-0.4, -0.2) is 75.9 Å². The second-order valence-corrected chi connectivity index (χ2v) is 9.03. The first kappa shape index (κ1) is 21.5. The Morgan fingerprint density at radius 3 is 2.60 bits per heavy atom. The number of allylic oxidation sites excluding steroid dienone is 1. The highest BCUT2D eigenvalue weighted by Crippen LogP contribution is 2.28. The molecule has 3 aromatic heterocycles. The van der Waals surface area contributed by atoms with E-state index in [0.29, 0.717) is 36.2 Å². The molecule has 1 amide bonds. The van der Waals surface area contributed by atoms with Gasteiger partial charge < -0.3 is 20.0 Å². The Morgan fingerprint density at radius 1 is 1.09 bits per heavy atom. The summed E-state index contributed by atoms with van der Waals surface area (Å²) in [5.74, 6) is 2.06. The van der Waals surface area contributed by atoms with Gasteiger partial charge in [-0.25, -0.2) is 9.37 Å². The monoisotopic (exact) mass is 475 g/mol. The Balaban J connectivity index is 1.35. The zero-order chi connectivity index (χ0) is 23.9. The van der Waals surface area contributed by atoms with Crippen molar-refractivity contribution in [3.05, 3.63) is 54.0 Å². The molecule has 3 fully saturated rings. The van der Waals surface area contributed by atoms with Crippen molar-refractivity contribution in [2.45, 2.75) is 19.0 Å². The number of carbonyl (C=O) groups excluding carboxylic acids is 1. The third-order valence-corrected chi connectivity index (χ3v) is 6.67. The molecule has 1 N–H and O–H groups in total. The Morgan fingerprint density at radius 2 is 1.91 bits per heavy atom. The molecule has 0 aliphatic carbocycles. The van der Waals surface area contributed by atoms with E-state index in [-0.39, 0.29) is 18.9 Å². The number of piperazine rings is 1. The molecule has 0 radical (unpaired) electrons. The van der Waals surface area contributed by atoms with Gasteiger partial charge in [-0.05, 0) is 30.2 Å². The molecule has 10 nitrogen and oxygen atoms in total. The number of nitrogens with zero attached hydrogens (tertiary/aromatic N) is 8. The Bertz CT molecular complexity index is 1310. The summed E-state index contributed by atoms with van der Waals surface area (Å²) in [5, 5.41) is 7.26. The Labute approximate surface area is 201 Å². The summed E-state index contributed by atoms with van der Waals surface area (Å²) >= 11 is 0. The van der Waals surface area contributed by atoms with Gasteiger partial charge in [0.15, 0.2) is 5.65 Å². The predicted octanol–water partition coefficient (Wildman–Crippen LogP) is 1.81. The molecule has 0 aromatic carbocycles. The van der Waals surface area contributed by atoms with Crippen LogP contribution >= 0.6 is 0 Å². The van der Waals surface area contributed by atoms with Crippen LogP contribution in [-0.2, 0) is 4.79 Å². The van der Waals surface area contributed by atoms with Gasteiger partial charge in [0, 0.05) is 50.2 Å². The summed E-state index contributed by atoms with van der Waals surface area (Å²) in [6.07, 6.45) is 5.26. The van der Waals surface area contributed by atoms with Crippen molar-refractivity contribution < 1.29 is 9.18 Å². The maximum absolute atomic E-state index is 14.1. The van der Waals surface area contributed by atoms with E-state index in [1.165, 1.54) is 0 Å². The van der Waals surface area contributed by atoms with Crippen LogP contribution in [0, 0.1) is 0 Å².